The van der Waals surface area contributed by atoms with Gasteiger partial charge in [0.1, 0.15) is 0 Å². The van der Waals surface area contributed by atoms with Gasteiger partial charge >= 0.3 is 6.09 Å². The number of fused-ring (bicyclic) bond motifs is 4. The van der Waals surface area contributed by atoms with E-state index < -0.39 is 10.0 Å². The van der Waals surface area contributed by atoms with Gasteiger partial charge in [-0.1, -0.05) is 51.1 Å². The molecule has 254 valence electrons. The van der Waals surface area contributed by atoms with Crippen LogP contribution in [0.1, 0.15) is 89.3 Å². The Morgan fingerprint density at radius 2 is 1.74 bits per heavy atom. The molecule has 3 aromatic rings. The number of hydrogen-bond donors (Lipinski definition) is 1. The lowest BCUT2D eigenvalue weighted by Crippen LogP contribution is -2.50. The molecule has 10 heteroatoms. The van der Waals surface area contributed by atoms with Crippen LogP contribution in [0.4, 0.5) is 10.7 Å². The Hall–Kier alpha value is -3.66. The zero-order valence-electron chi connectivity index (χ0n) is 29.0. The number of rotatable bonds is 8. The van der Waals surface area contributed by atoms with Crippen LogP contribution in [0.25, 0.3) is 11.3 Å². The van der Waals surface area contributed by atoms with E-state index in [9.17, 15) is 13.2 Å². The number of nitrogens with one attached hydrogen (secondary N) is 1. The number of anilines is 1. The molecule has 47 heavy (non-hydrogen) atoms. The molecule has 0 radical (unpaired) electrons. The van der Waals surface area contributed by atoms with Crippen LogP contribution in [-0.2, 0) is 14.8 Å². The normalized spacial score (nSPS) is 23.5. The summed E-state index contributed by atoms with van der Waals surface area (Å²) >= 11 is 0. The maximum absolute atomic E-state index is 13.8. The summed E-state index contributed by atoms with van der Waals surface area (Å²) in [6, 6.07) is 15.3. The Morgan fingerprint density at radius 3 is 2.40 bits per heavy atom. The van der Waals surface area contributed by atoms with Crippen molar-refractivity contribution in [3.63, 3.8) is 0 Å². The van der Waals surface area contributed by atoms with Crippen molar-refractivity contribution in [1.82, 2.24) is 14.9 Å². The average Bonchev–Trinajstić information content (AvgIpc) is 2.97. The summed E-state index contributed by atoms with van der Waals surface area (Å²) in [5, 5.41) is 0. The highest BCUT2D eigenvalue weighted by molar-refractivity contribution is 7.92. The molecule has 0 saturated heterocycles. The van der Waals surface area contributed by atoms with Crippen molar-refractivity contribution in [1.29, 1.82) is 0 Å². The molecule has 4 bridgehead atoms. The van der Waals surface area contributed by atoms with E-state index in [0.717, 1.165) is 54.4 Å². The van der Waals surface area contributed by atoms with Crippen molar-refractivity contribution in [2.75, 3.05) is 18.4 Å². The minimum Gasteiger partial charge on any atom is -0.477 e. The molecule has 2 aliphatic rings. The molecule has 5 rings (SSSR count). The van der Waals surface area contributed by atoms with E-state index in [1.165, 1.54) is 0 Å². The molecular weight excluding hydrogens is 612 g/mol. The first-order valence-electron chi connectivity index (χ1n) is 16.8. The van der Waals surface area contributed by atoms with Crippen molar-refractivity contribution < 1.29 is 22.7 Å². The van der Waals surface area contributed by atoms with Crippen LogP contribution in [0.2, 0.25) is 0 Å². The number of sulfonamides is 1. The van der Waals surface area contributed by atoms with E-state index in [-0.39, 0.29) is 46.3 Å². The fourth-order valence-electron chi connectivity index (χ4n) is 7.30. The van der Waals surface area contributed by atoms with Crippen molar-refractivity contribution in [3.8, 4) is 17.1 Å². The van der Waals surface area contributed by atoms with E-state index in [0.29, 0.717) is 24.1 Å². The summed E-state index contributed by atoms with van der Waals surface area (Å²) in [5.74, 6) is 0.912. The Morgan fingerprint density at radius 1 is 1.06 bits per heavy atom. The van der Waals surface area contributed by atoms with E-state index >= 15 is 0 Å². The highest BCUT2D eigenvalue weighted by Crippen LogP contribution is 2.49. The summed E-state index contributed by atoms with van der Waals surface area (Å²) in [7, 11) is -2.16. The number of amides is 1. The van der Waals surface area contributed by atoms with Gasteiger partial charge in [0.25, 0.3) is 10.0 Å². The standard InChI is InChI=1S/C37H50N4O5S/c1-23(2)17-28-22-45-33-19-32(34-25(5)11-9-12-26(34)6)38-35(39-33)40-47(43,44)30-14-10-13-27(18-30)31(28)15-16-37(7)20-29(21-37)41(8)36(42)46-24(3)4/h9-14,18-19,23-24,28-29,31H,15-17,20-22H2,1-8H3,(H,38,39,40)/t28-,29?,31?,37?/m1/s1. The van der Waals surface area contributed by atoms with Gasteiger partial charge in [0.05, 0.1) is 23.3 Å². The van der Waals surface area contributed by atoms with Gasteiger partial charge in [-0.3, -0.25) is 0 Å². The Labute approximate surface area is 280 Å². The van der Waals surface area contributed by atoms with E-state index in [4.69, 9.17) is 9.47 Å². The minimum atomic E-state index is -3.98. The van der Waals surface area contributed by atoms with E-state index in [1.807, 2.05) is 71.1 Å². The van der Waals surface area contributed by atoms with Crippen LogP contribution >= 0.6 is 0 Å². The Kier molecular flexibility index (Phi) is 10.2. The second-order valence-electron chi connectivity index (χ2n) is 14.6. The van der Waals surface area contributed by atoms with Gasteiger partial charge in [-0.05, 0) is 106 Å². The molecule has 1 aliphatic heterocycles. The third-order valence-corrected chi connectivity index (χ3v) is 11.1. The molecule has 1 aliphatic carbocycles. The van der Waals surface area contributed by atoms with Gasteiger partial charge in [-0.2, -0.15) is 4.98 Å². The zero-order chi connectivity index (χ0) is 34.1. The molecule has 1 saturated carbocycles. The van der Waals surface area contributed by atoms with Crippen molar-refractivity contribution in [2.24, 2.45) is 17.3 Å². The zero-order valence-corrected chi connectivity index (χ0v) is 29.9. The lowest BCUT2D eigenvalue weighted by molar-refractivity contribution is 0.00345. The smallest absolute Gasteiger partial charge is 0.410 e. The first-order chi connectivity index (χ1) is 22.1. The van der Waals surface area contributed by atoms with Crippen molar-refractivity contribution >= 4 is 22.1 Å². The maximum atomic E-state index is 13.8. The summed E-state index contributed by atoms with van der Waals surface area (Å²) in [6.45, 7) is 14.9. The van der Waals surface area contributed by atoms with Gasteiger partial charge in [0, 0.05) is 30.6 Å². The molecule has 1 unspecified atom stereocenters. The number of hydrogen-bond acceptors (Lipinski definition) is 7. The lowest BCUT2D eigenvalue weighted by Gasteiger charge is -2.49. The second-order valence-corrected chi connectivity index (χ2v) is 16.3. The number of carbonyl (C=O) groups is 1. The minimum absolute atomic E-state index is 0.0159. The largest absolute Gasteiger partial charge is 0.477 e. The number of ether oxygens (including phenoxy) is 2. The molecular formula is C37H50N4O5S. The van der Waals surface area contributed by atoms with Gasteiger partial charge < -0.3 is 14.4 Å². The highest BCUT2D eigenvalue weighted by atomic mass is 32.2. The first-order valence-corrected chi connectivity index (χ1v) is 18.3. The molecule has 1 amide bonds. The van der Waals surface area contributed by atoms with Crippen LogP contribution in [0.3, 0.4) is 0 Å². The van der Waals surface area contributed by atoms with E-state index in [1.54, 1.807) is 17.0 Å². The molecule has 9 nitrogen and oxygen atoms in total. The van der Waals surface area contributed by atoms with Gasteiger partial charge in [-0.25, -0.2) is 22.9 Å². The van der Waals surface area contributed by atoms with Gasteiger partial charge in [0.2, 0.25) is 11.8 Å². The number of aryl methyl sites for hydroxylation is 2. The van der Waals surface area contributed by atoms with Gasteiger partial charge in [0.15, 0.2) is 0 Å². The molecule has 1 fully saturated rings. The summed E-state index contributed by atoms with van der Waals surface area (Å²) in [6.07, 6.45) is 4.09. The number of benzene rings is 2. The summed E-state index contributed by atoms with van der Waals surface area (Å²) < 4.78 is 42.0. The van der Waals surface area contributed by atoms with Crippen LogP contribution in [-0.4, -0.2) is 55.2 Å². The molecule has 1 aromatic heterocycles. The molecule has 1 N–H and O–H groups in total. The average molecular weight is 663 g/mol. The van der Waals surface area contributed by atoms with Crippen LogP contribution < -0.4 is 9.46 Å². The van der Waals surface area contributed by atoms with E-state index in [2.05, 4.69) is 35.5 Å². The molecule has 2 atom stereocenters. The quantitative estimate of drug-likeness (QED) is 0.259. The summed E-state index contributed by atoms with van der Waals surface area (Å²) in [4.78, 5) is 23.6. The van der Waals surface area contributed by atoms with Crippen LogP contribution in [0, 0.1) is 31.1 Å². The number of aromatic nitrogens is 2. The van der Waals surface area contributed by atoms with Gasteiger partial charge in [-0.15, -0.1) is 0 Å². The predicted octanol–water partition coefficient (Wildman–Crippen LogP) is 8.13. The highest BCUT2D eigenvalue weighted by Gasteiger charge is 2.44. The lowest BCUT2D eigenvalue weighted by atomic mass is 9.62. The molecule has 2 heterocycles. The van der Waals surface area contributed by atoms with Crippen LogP contribution in [0.5, 0.6) is 5.88 Å². The second kappa shape index (κ2) is 13.8. The van der Waals surface area contributed by atoms with Crippen LogP contribution in [0.15, 0.2) is 53.4 Å². The van der Waals surface area contributed by atoms with Crippen molar-refractivity contribution in [2.45, 2.75) is 104 Å². The maximum Gasteiger partial charge on any atom is 0.410 e. The monoisotopic (exact) mass is 662 g/mol. The first kappa shape index (κ1) is 34.7. The molecule has 2 aromatic carbocycles. The predicted molar refractivity (Wildman–Crippen MR) is 185 cm³/mol. The Bertz CT molecular complexity index is 1680. The van der Waals surface area contributed by atoms with Crippen molar-refractivity contribution in [3.05, 3.63) is 65.2 Å². The summed E-state index contributed by atoms with van der Waals surface area (Å²) in [5.41, 5.74) is 4.66. The third-order valence-electron chi connectivity index (χ3n) is 9.74. The fraction of sp³-hybridized carbons (Fsp3) is 0.541. The fourth-order valence-corrected chi connectivity index (χ4v) is 8.30. The third kappa shape index (κ3) is 8.08. The Balaban J connectivity index is 1.46. The number of carbonyl (C=O) groups excluding carboxylic acids is 1. The number of nitrogens with zero attached hydrogens (tertiary/aromatic N) is 3. The molecule has 0 spiro atoms. The SMILES string of the molecule is Cc1cccc(C)c1-c1cc2nc(n1)NS(=O)(=O)c1cccc(c1)C(CCC1(C)CC(N(C)C(=O)OC(C)C)C1)[C@H](CC(C)C)CO2. The topological polar surface area (TPSA) is 111 Å².